The van der Waals surface area contributed by atoms with Gasteiger partial charge < -0.3 is 5.11 Å². The Bertz CT molecular complexity index is 1020. The van der Waals surface area contributed by atoms with Gasteiger partial charge in [0, 0.05) is 5.69 Å². The fourth-order valence-electron chi connectivity index (χ4n) is 3.14. The molecule has 1 aromatic heterocycles. The molecule has 2 N–H and O–H groups in total. The maximum absolute atomic E-state index is 11.9. The van der Waals surface area contributed by atoms with Crippen molar-refractivity contribution in [3.05, 3.63) is 113 Å². The van der Waals surface area contributed by atoms with Crippen molar-refractivity contribution in [2.45, 2.75) is 5.60 Å². The van der Waals surface area contributed by atoms with Gasteiger partial charge in [0.2, 0.25) is 0 Å². The van der Waals surface area contributed by atoms with E-state index in [2.05, 4.69) is 10.2 Å². The number of H-pyrrole nitrogens is 1. The van der Waals surface area contributed by atoms with Crippen molar-refractivity contribution in [2.75, 3.05) is 0 Å². The number of aliphatic hydroxyl groups is 1. The first kappa shape index (κ1) is 16.4. The molecule has 128 valence electrons. The molecule has 0 saturated heterocycles. The molecular formula is C21H17N3OS. The fraction of sp³-hybridized carbons (Fsp3) is 0.0476. The van der Waals surface area contributed by atoms with Gasteiger partial charge in [0.05, 0.1) is 0 Å². The Morgan fingerprint density at radius 3 is 1.73 bits per heavy atom. The van der Waals surface area contributed by atoms with Crippen LogP contribution in [-0.2, 0) is 5.60 Å². The average molecular weight is 359 g/mol. The van der Waals surface area contributed by atoms with Crippen molar-refractivity contribution in [2.24, 2.45) is 0 Å². The molecule has 0 unspecified atom stereocenters. The van der Waals surface area contributed by atoms with Crippen molar-refractivity contribution in [1.29, 1.82) is 0 Å². The topological polar surface area (TPSA) is 53.8 Å². The van der Waals surface area contributed by atoms with E-state index in [-0.39, 0.29) is 0 Å². The molecule has 0 saturated carbocycles. The standard InChI is InChI=1S/C21H17N3OS/c25-21(16-10-4-1-5-11-16,17-12-6-2-7-13-17)19-22-23-20(26)24(19)18-14-8-3-9-15-18/h1-15,25H,(H,23,26). The number of nitrogens with one attached hydrogen (secondary N) is 1. The van der Waals surface area contributed by atoms with E-state index >= 15 is 0 Å². The number of aromatic nitrogens is 3. The molecule has 0 aliphatic rings. The zero-order valence-corrected chi connectivity index (χ0v) is 14.7. The minimum Gasteiger partial charge on any atom is -0.373 e. The van der Waals surface area contributed by atoms with Crippen LogP contribution in [0.25, 0.3) is 5.69 Å². The Morgan fingerprint density at radius 2 is 1.23 bits per heavy atom. The molecule has 4 rings (SSSR count). The Hall–Kier alpha value is -3.02. The molecule has 0 spiro atoms. The van der Waals surface area contributed by atoms with Crippen LogP contribution in [0.15, 0.2) is 91.0 Å². The lowest BCUT2D eigenvalue weighted by Crippen LogP contribution is -2.32. The SMILES string of the molecule is OC(c1ccccc1)(c1ccccc1)c1n[nH]c(=S)n1-c1ccccc1. The highest BCUT2D eigenvalue weighted by atomic mass is 32.1. The third-order valence-corrected chi connectivity index (χ3v) is 4.67. The Morgan fingerprint density at radius 1 is 0.769 bits per heavy atom. The predicted octanol–water partition coefficient (Wildman–Crippen LogP) is 4.21. The van der Waals surface area contributed by atoms with Gasteiger partial charge >= 0.3 is 0 Å². The second-order valence-corrected chi connectivity index (χ2v) is 6.35. The summed E-state index contributed by atoms with van der Waals surface area (Å²) in [5.74, 6) is 0.422. The molecule has 0 aliphatic carbocycles. The number of hydrogen-bond acceptors (Lipinski definition) is 3. The van der Waals surface area contributed by atoms with E-state index in [1.807, 2.05) is 91.0 Å². The molecule has 5 heteroatoms. The van der Waals surface area contributed by atoms with E-state index in [1.54, 1.807) is 4.57 Å². The quantitative estimate of drug-likeness (QED) is 0.537. The number of rotatable bonds is 4. The van der Waals surface area contributed by atoms with Crippen LogP contribution in [0.5, 0.6) is 0 Å². The summed E-state index contributed by atoms with van der Waals surface area (Å²) in [5, 5.41) is 19.2. The van der Waals surface area contributed by atoms with Crippen LogP contribution in [-0.4, -0.2) is 19.9 Å². The molecule has 4 nitrogen and oxygen atoms in total. The molecule has 4 aromatic rings. The first-order valence-electron chi connectivity index (χ1n) is 8.28. The van der Waals surface area contributed by atoms with Crippen LogP contribution < -0.4 is 0 Å². The molecule has 0 aliphatic heterocycles. The van der Waals surface area contributed by atoms with Gasteiger partial charge in [-0.25, -0.2) is 0 Å². The Kier molecular flexibility index (Phi) is 4.24. The lowest BCUT2D eigenvalue weighted by Gasteiger charge is -2.29. The van der Waals surface area contributed by atoms with Crippen molar-refractivity contribution in [3.8, 4) is 5.69 Å². The summed E-state index contributed by atoms with van der Waals surface area (Å²) in [6, 6.07) is 28.7. The average Bonchev–Trinajstić information content (AvgIpc) is 3.11. The van der Waals surface area contributed by atoms with Gasteiger partial charge in [-0.2, -0.15) is 5.10 Å². The van der Waals surface area contributed by atoms with E-state index < -0.39 is 5.60 Å². The highest BCUT2D eigenvalue weighted by molar-refractivity contribution is 7.71. The molecule has 0 radical (unpaired) electrons. The molecule has 0 atom stereocenters. The fourth-order valence-corrected chi connectivity index (χ4v) is 3.38. The number of benzene rings is 3. The third-order valence-electron chi connectivity index (χ3n) is 4.39. The summed E-state index contributed by atoms with van der Waals surface area (Å²) < 4.78 is 2.20. The van der Waals surface area contributed by atoms with Crippen molar-refractivity contribution in [1.82, 2.24) is 14.8 Å². The molecule has 0 amide bonds. The van der Waals surface area contributed by atoms with E-state index in [0.29, 0.717) is 10.6 Å². The first-order valence-corrected chi connectivity index (χ1v) is 8.69. The van der Waals surface area contributed by atoms with E-state index in [9.17, 15) is 5.11 Å². The van der Waals surface area contributed by atoms with Crippen molar-refractivity contribution in [3.63, 3.8) is 0 Å². The molecule has 0 fully saturated rings. The van der Waals surface area contributed by atoms with E-state index in [4.69, 9.17) is 12.2 Å². The molecule has 0 bridgehead atoms. The second-order valence-electron chi connectivity index (χ2n) is 5.97. The van der Waals surface area contributed by atoms with Gasteiger partial charge in [-0.15, -0.1) is 0 Å². The summed E-state index contributed by atoms with van der Waals surface area (Å²) in [6.45, 7) is 0. The van der Waals surface area contributed by atoms with Gasteiger partial charge in [0.25, 0.3) is 0 Å². The van der Waals surface area contributed by atoms with Crippen LogP contribution in [0.3, 0.4) is 0 Å². The summed E-state index contributed by atoms with van der Waals surface area (Å²) >= 11 is 5.46. The summed E-state index contributed by atoms with van der Waals surface area (Å²) in [7, 11) is 0. The first-order chi connectivity index (χ1) is 12.7. The minimum absolute atomic E-state index is 0.422. The zero-order chi connectivity index (χ0) is 18.0. The van der Waals surface area contributed by atoms with Gasteiger partial charge in [-0.1, -0.05) is 78.9 Å². The minimum atomic E-state index is -1.45. The smallest absolute Gasteiger partial charge is 0.199 e. The maximum atomic E-state index is 11.9. The molecule has 26 heavy (non-hydrogen) atoms. The number of hydrogen-bond donors (Lipinski definition) is 2. The Labute approximate surface area is 156 Å². The van der Waals surface area contributed by atoms with Crippen molar-refractivity contribution < 1.29 is 5.11 Å². The summed E-state index contributed by atoms with van der Waals surface area (Å²) in [6.07, 6.45) is 0. The van der Waals surface area contributed by atoms with Gasteiger partial charge in [-0.3, -0.25) is 9.67 Å². The van der Waals surface area contributed by atoms with Gasteiger partial charge in [-0.05, 0) is 35.5 Å². The second kappa shape index (κ2) is 6.71. The lowest BCUT2D eigenvalue weighted by atomic mass is 9.85. The summed E-state index contributed by atoms with van der Waals surface area (Å²) in [5.41, 5.74) is 0.827. The highest BCUT2D eigenvalue weighted by Crippen LogP contribution is 2.36. The lowest BCUT2D eigenvalue weighted by molar-refractivity contribution is 0.113. The number of para-hydroxylation sites is 1. The molecule has 1 heterocycles. The summed E-state index contributed by atoms with van der Waals surface area (Å²) in [4.78, 5) is 0. The van der Waals surface area contributed by atoms with Crippen LogP contribution >= 0.6 is 12.2 Å². The van der Waals surface area contributed by atoms with Crippen molar-refractivity contribution >= 4 is 12.2 Å². The van der Waals surface area contributed by atoms with Crippen LogP contribution in [0.1, 0.15) is 17.0 Å². The molecular weight excluding hydrogens is 342 g/mol. The molecule has 3 aromatic carbocycles. The zero-order valence-electron chi connectivity index (χ0n) is 13.9. The number of nitrogens with zero attached hydrogens (tertiary/aromatic N) is 2. The number of aromatic amines is 1. The van der Waals surface area contributed by atoms with Gasteiger partial charge in [0.15, 0.2) is 16.2 Å². The largest absolute Gasteiger partial charge is 0.373 e. The third kappa shape index (κ3) is 2.67. The van der Waals surface area contributed by atoms with Crippen LogP contribution in [0.2, 0.25) is 0 Å². The van der Waals surface area contributed by atoms with E-state index in [0.717, 1.165) is 16.8 Å². The van der Waals surface area contributed by atoms with E-state index in [1.165, 1.54) is 0 Å². The van der Waals surface area contributed by atoms with Crippen LogP contribution in [0, 0.1) is 4.77 Å². The van der Waals surface area contributed by atoms with Gasteiger partial charge in [0.1, 0.15) is 0 Å². The maximum Gasteiger partial charge on any atom is 0.199 e. The van der Waals surface area contributed by atoms with Crippen LogP contribution in [0.4, 0.5) is 0 Å². The monoisotopic (exact) mass is 359 g/mol. The highest BCUT2D eigenvalue weighted by Gasteiger charge is 2.39. The Balaban J connectivity index is 2.03. The predicted molar refractivity (Wildman–Crippen MR) is 104 cm³/mol. The normalized spacial score (nSPS) is 11.4.